The van der Waals surface area contributed by atoms with Crippen LogP contribution in [0.5, 0.6) is 0 Å². The number of piperidine rings is 1. The van der Waals surface area contributed by atoms with Crippen LogP contribution in [0.15, 0.2) is 54.6 Å². The third-order valence-corrected chi connectivity index (χ3v) is 5.58. The van der Waals surface area contributed by atoms with Crippen molar-refractivity contribution in [2.45, 2.75) is 51.7 Å². The highest BCUT2D eigenvalue weighted by Gasteiger charge is 2.19. The molecule has 2 aromatic carbocycles. The van der Waals surface area contributed by atoms with Gasteiger partial charge in [-0.25, -0.2) is 0 Å². The summed E-state index contributed by atoms with van der Waals surface area (Å²) >= 11 is 0. The van der Waals surface area contributed by atoms with Gasteiger partial charge in [0.25, 0.3) is 5.91 Å². The van der Waals surface area contributed by atoms with Gasteiger partial charge >= 0.3 is 0 Å². The second kappa shape index (κ2) is 10.8. The van der Waals surface area contributed by atoms with E-state index < -0.39 is 0 Å². The maximum absolute atomic E-state index is 12.2. The number of likely N-dealkylation sites (tertiary alicyclic amines) is 1. The van der Waals surface area contributed by atoms with Crippen LogP contribution >= 0.6 is 0 Å². The van der Waals surface area contributed by atoms with E-state index in [4.69, 9.17) is 0 Å². The van der Waals surface area contributed by atoms with Gasteiger partial charge in [0.2, 0.25) is 5.91 Å². The normalized spacial score (nSPS) is 16.9. The van der Waals surface area contributed by atoms with Crippen LogP contribution in [0.2, 0.25) is 0 Å². The zero-order valence-electron chi connectivity index (χ0n) is 17.2. The summed E-state index contributed by atoms with van der Waals surface area (Å²) in [6, 6.07) is 18.0. The fourth-order valence-corrected chi connectivity index (χ4v) is 3.76. The van der Waals surface area contributed by atoms with Crippen molar-refractivity contribution in [2.24, 2.45) is 0 Å². The molecule has 2 amide bonds. The summed E-state index contributed by atoms with van der Waals surface area (Å²) in [5.74, 6) is -0.209. The molecule has 3 rings (SSSR count). The smallest absolute Gasteiger partial charge is 0.251 e. The molecule has 1 aliphatic rings. The lowest BCUT2D eigenvalue weighted by atomic mass is 10.0. The number of amides is 2. The van der Waals surface area contributed by atoms with Gasteiger partial charge in [0, 0.05) is 37.7 Å². The zero-order chi connectivity index (χ0) is 20.5. The van der Waals surface area contributed by atoms with Gasteiger partial charge in [0.05, 0.1) is 0 Å². The molecule has 1 heterocycles. The van der Waals surface area contributed by atoms with Crippen molar-refractivity contribution >= 4 is 11.8 Å². The van der Waals surface area contributed by atoms with Crippen LogP contribution in [0.3, 0.4) is 0 Å². The first kappa shape index (κ1) is 21.1. The van der Waals surface area contributed by atoms with Crippen LogP contribution in [0.1, 0.15) is 54.1 Å². The number of carbonyl (C=O) groups is 2. The van der Waals surface area contributed by atoms with Gasteiger partial charge in [-0.15, -0.1) is 0 Å². The molecule has 5 nitrogen and oxygen atoms in total. The van der Waals surface area contributed by atoms with E-state index in [1.807, 2.05) is 24.3 Å². The maximum Gasteiger partial charge on any atom is 0.251 e. The molecule has 1 aliphatic heterocycles. The molecule has 0 spiro atoms. The van der Waals surface area contributed by atoms with Crippen molar-refractivity contribution in [3.63, 3.8) is 0 Å². The van der Waals surface area contributed by atoms with Crippen LogP contribution in [-0.2, 0) is 17.9 Å². The van der Waals surface area contributed by atoms with E-state index in [0.29, 0.717) is 24.7 Å². The first-order chi connectivity index (χ1) is 14.1. The van der Waals surface area contributed by atoms with Crippen molar-refractivity contribution < 1.29 is 9.59 Å². The molecule has 2 aromatic rings. The second-order valence-electron chi connectivity index (χ2n) is 7.73. The first-order valence-electron chi connectivity index (χ1n) is 10.5. The highest BCUT2D eigenvalue weighted by atomic mass is 16.2. The van der Waals surface area contributed by atoms with Crippen molar-refractivity contribution in [3.05, 3.63) is 71.3 Å². The zero-order valence-corrected chi connectivity index (χ0v) is 17.2. The standard InChI is InChI=1S/C24H31N3O2/c1-19-9-7-8-16-27(19)18-22-13-6-5-12-21(22)17-26-23(28)14-15-25-24(29)20-10-3-2-4-11-20/h2-6,10-13,19H,7-9,14-18H2,1H3,(H,25,29)(H,26,28). The largest absolute Gasteiger partial charge is 0.352 e. The Kier molecular flexibility index (Phi) is 7.82. The molecule has 5 heteroatoms. The van der Waals surface area contributed by atoms with Crippen LogP contribution in [0.4, 0.5) is 0 Å². The van der Waals surface area contributed by atoms with Gasteiger partial charge < -0.3 is 10.6 Å². The predicted molar refractivity (Wildman–Crippen MR) is 115 cm³/mol. The van der Waals surface area contributed by atoms with Gasteiger partial charge in [-0.05, 0) is 49.6 Å². The van der Waals surface area contributed by atoms with Gasteiger partial charge in [-0.3, -0.25) is 14.5 Å². The van der Waals surface area contributed by atoms with E-state index >= 15 is 0 Å². The highest BCUT2D eigenvalue weighted by molar-refractivity contribution is 5.94. The molecule has 1 unspecified atom stereocenters. The lowest BCUT2D eigenvalue weighted by molar-refractivity contribution is -0.121. The van der Waals surface area contributed by atoms with E-state index in [1.165, 1.54) is 24.8 Å². The molecule has 1 atom stereocenters. The quantitative estimate of drug-likeness (QED) is 0.722. The topological polar surface area (TPSA) is 61.4 Å². The molecule has 0 radical (unpaired) electrons. The minimum absolute atomic E-state index is 0.0560. The molecule has 0 aliphatic carbocycles. The van der Waals surface area contributed by atoms with E-state index in [9.17, 15) is 9.59 Å². The third kappa shape index (κ3) is 6.43. The van der Waals surface area contributed by atoms with E-state index in [0.717, 1.165) is 18.7 Å². The fourth-order valence-electron chi connectivity index (χ4n) is 3.76. The summed E-state index contributed by atoms with van der Waals surface area (Å²) in [4.78, 5) is 26.8. The predicted octanol–water partition coefficient (Wildman–Crippen LogP) is 3.50. The Morgan fingerprint density at radius 2 is 1.69 bits per heavy atom. The number of hydrogen-bond donors (Lipinski definition) is 2. The summed E-state index contributed by atoms with van der Waals surface area (Å²) in [5.41, 5.74) is 3.04. The molecule has 0 aromatic heterocycles. The van der Waals surface area contributed by atoms with Crippen LogP contribution in [-0.4, -0.2) is 35.8 Å². The summed E-state index contributed by atoms with van der Waals surface area (Å²) < 4.78 is 0. The monoisotopic (exact) mass is 393 g/mol. The number of nitrogens with one attached hydrogen (secondary N) is 2. The Balaban J connectivity index is 1.44. The van der Waals surface area contributed by atoms with Gasteiger partial charge in [-0.1, -0.05) is 48.9 Å². The van der Waals surface area contributed by atoms with Crippen molar-refractivity contribution in [1.82, 2.24) is 15.5 Å². The summed E-state index contributed by atoms with van der Waals surface area (Å²) in [7, 11) is 0. The van der Waals surface area contributed by atoms with E-state index in [2.05, 4.69) is 40.7 Å². The Bertz CT molecular complexity index is 807. The van der Waals surface area contributed by atoms with Crippen molar-refractivity contribution in [1.29, 1.82) is 0 Å². The average molecular weight is 394 g/mol. The molecular weight excluding hydrogens is 362 g/mol. The number of carbonyl (C=O) groups excluding carboxylic acids is 2. The Morgan fingerprint density at radius 3 is 2.45 bits per heavy atom. The van der Waals surface area contributed by atoms with Gasteiger partial charge in [0.15, 0.2) is 0 Å². The minimum Gasteiger partial charge on any atom is -0.352 e. The minimum atomic E-state index is -0.153. The first-order valence-corrected chi connectivity index (χ1v) is 10.5. The number of hydrogen-bond acceptors (Lipinski definition) is 3. The van der Waals surface area contributed by atoms with Crippen molar-refractivity contribution in [3.8, 4) is 0 Å². The van der Waals surface area contributed by atoms with Gasteiger partial charge in [-0.2, -0.15) is 0 Å². The van der Waals surface area contributed by atoms with E-state index in [-0.39, 0.29) is 18.2 Å². The van der Waals surface area contributed by atoms with Crippen LogP contribution in [0.25, 0.3) is 0 Å². The van der Waals surface area contributed by atoms with E-state index in [1.54, 1.807) is 12.1 Å². The lowest BCUT2D eigenvalue weighted by Crippen LogP contribution is -2.37. The Labute approximate surface area is 173 Å². The van der Waals surface area contributed by atoms with Gasteiger partial charge in [0.1, 0.15) is 0 Å². The second-order valence-corrected chi connectivity index (χ2v) is 7.73. The van der Waals surface area contributed by atoms with Crippen molar-refractivity contribution in [2.75, 3.05) is 13.1 Å². The Hall–Kier alpha value is -2.66. The Morgan fingerprint density at radius 1 is 0.966 bits per heavy atom. The third-order valence-electron chi connectivity index (χ3n) is 5.58. The molecule has 2 N–H and O–H groups in total. The maximum atomic E-state index is 12.2. The summed E-state index contributed by atoms with van der Waals surface area (Å²) in [6.07, 6.45) is 4.10. The summed E-state index contributed by atoms with van der Waals surface area (Å²) in [6.45, 7) is 5.22. The molecule has 29 heavy (non-hydrogen) atoms. The van der Waals surface area contributed by atoms with Crippen LogP contribution in [0, 0.1) is 0 Å². The molecule has 0 saturated carbocycles. The highest BCUT2D eigenvalue weighted by Crippen LogP contribution is 2.20. The summed E-state index contributed by atoms with van der Waals surface area (Å²) in [5, 5.41) is 5.78. The molecular formula is C24H31N3O2. The number of nitrogens with zero attached hydrogens (tertiary/aromatic N) is 1. The van der Waals surface area contributed by atoms with Crippen LogP contribution < -0.4 is 10.6 Å². The lowest BCUT2D eigenvalue weighted by Gasteiger charge is -2.33. The number of rotatable bonds is 8. The SMILES string of the molecule is CC1CCCCN1Cc1ccccc1CNC(=O)CCNC(=O)c1ccccc1. The molecule has 154 valence electrons. The molecule has 0 bridgehead atoms. The molecule has 1 fully saturated rings. The average Bonchev–Trinajstić information content (AvgIpc) is 2.75. The molecule has 1 saturated heterocycles. The number of benzene rings is 2. The fraction of sp³-hybridized carbons (Fsp3) is 0.417.